The number of aliphatic hydroxyl groups is 1. The van der Waals surface area contributed by atoms with Crippen LogP contribution in [-0.2, 0) is 37.7 Å². The second-order valence-electron chi connectivity index (χ2n) is 14.7. The number of aliphatic hydroxyl groups excluding tert-OH is 1. The van der Waals surface area contributed by atoms with Crippen LogP contribution in [0.4, 0.5) is 26.7 Å². The standard InChI is InChI=1S/C38H42N6O8Si/c1-24-34(53(2,3)49)32(15-16-41-23-30(39-40-41)33(45)26-7-5-4-6-8-26)52-38(24)29-21-28(43-18-20-51-37(43)48)13-14-31(29)44(35(38)46)22-25-9-11-27(12-10-25)42-17-19-50-36(42)47/h4-14,21,23-24,32-34,45,49H,15-20,22H2,1-3H3/t24-,32+,33-,34-,38+/m1/s1. The summed E-state index contributed by atoms with van der Waals surface area (Å²) in [4.78, 5) is 56.5. The zero-order chi connectivity index (χ0) is 37.1. The number of carbonyl (C=O) groups excluding carboxylic acids is 3. The normalized spacial score (nSPS) is 24.7. The van der Waals surface area contributed by atoms with Crippen molar-refractivity contribution in [3.63, 3.8) is 0 Å². The molecule has 3 aromatic carbocycles. The molecule has 1 spiro atoms. The van der Waals surface area contributed by atoms with E-state index in [1.807, 2.05) is 92.8 Å². The third-order valence-corrected chi connectivity index (χ3v) is 13.5. The Morgan fingerprint density at radius 3 is 2.23 bits per heavy atom. The van der Waals surface area contributed by atoms with Crippen molar-refractivity contribution in [2.45, 2.75) is 62.9 Å². The van der Waals surface area contributed by atoms with Gasteiger partial charge in [-0.1, -0.05) is 54.6 Å². The largest absolute Gasteiger partial charge is 0.447 e. The number of fused-ring (bicyclic) bond motifs is 2. The number of nitrogens with zero attached hydrogens (tertiary/aromatic N) is 6. The number of aryl methyl sites for hydroxylation is 1. The van der Waals surface area contributed by atoms with Gasteiger partial charge in [-0.2, -0.15) is 0 Å². The molecule has 276 valence electrons. The number of aromatic nitrogens is 3. The molecule has 15 heteroatoms. The fourth-order valence-corrected chi connectivity index (χ4v) is 11.1. The van der Waals surface area contributed by atoms with Gasteiger partial charge in [-0.3, -0.25) is 19.3 Å². The van der Waals surface area contributed by atoms with Crippen LogP contribution >= 0.6 is 0 Å². The number of amides is 3. The van der Waals surface area contributed by atoms with Gasteiger partial charge in [0.15, 0.2) is 13.9 Å². The molecule has 0 unspecified atom stereocenters. The van der Waals surface area contributed by atoms with E-state index in [1.54, 1.807) is 25.6 Å². The van der Waals surface area contributed by atoms with Gasteiger partial charge in [0.2, 0.25) is 0 Å². The Balaban J connectivity index is 1.11. The molecule has 14 nitrogen and oxygen atoms in total. The summed E-state index contributed by atoms with van der Waals surface area (Å²) in [6.07, 6.45) is -0.145. The third-order valence-electron chi connectivity index (χ3n) is 11.0. The number of hydrogen-bond donors (Lipinski definition) is 2. The van der Waals surface area contributed by atoms with Crippen LogP contribution < -0.4 is 14.7 Å². The van der Waals surface area contributed by atoms with Gasteiger partial charge in [0.05, 0.1) is 37.6 Å². The number of hydrogen-bond acceptors (Lipinski definition) is 10. The van der Waals surface area contributed by atoms with E-state index in [1.165, 1.54) is 0 Å². The fraction of sp³-hybridized carbons (Fsp3) is 0.395. The van der Waals surface area contributed by atoms with Crippen LogP contribution in [0, 0.1) is 5.92 Å². The summed E-state index contributed by atoms with van der Waals surface area (Å²) < 4.78 is 19.0. The number of carbonyl (C=O) groups is 3. The van der Waals surface area contributed by atoms with Crippen LogP contribution in [0.1, 0.15) is 41.8 Å². The smallest absolute Gasteiger partial charge is 0.414 e. The van der Waals surface area contributed by atoms with Crippen molar-refractivity contribution in [2.24, 2.45) is 5.92 Å². The molecule has 2 N–H and O–H groups in total. The Labute approximate surface area is 307 Å². The fourth-order valence-electron chi connectivity index (χ4n) is 8.49. The molecule has 53 heavy (non-hydrogen) atoms. The Morgan fingerprint density at radius 1 is 0.925 bits per heavy atom. The Morgan fingerprint density at radius 2 is 1.58 bits per heavy atom. The monoisotopic (exact) mass is 738 g/mol. The van der Waals surface area contributed by atoms with E-state index >= 15 is 4.79 Å². The van der Waals surface area contributed by atoms with E-state index < -0.39 is 38.1 Å². The molecule has 3 amide bonds. The van der Waals surface area contributed by atoms with E-state index in [0.29, 0.717) is 66.5 Å². The van der Waals surface area contributed by atoms with Crippen molar-refractivity contribution in [1.82, 2.24) is 15.0 Å². The van der Waals surface area contributed by atoms with Crippen LogP contribution in [0.2, 0.25) is 18.6 Å². The van der Waals surface area contributed by atoms with Crippen LogP contribution in [0.25, 0.3) is 0 Å². The molecule has 4 aliphatic heterocycles. The van der Waals surface area contributed by atoms with E-state index in [-0.39, 0.29) is 30.7 Å². The average Bonchev–Trinajstić information content (AvgIpc) is 3.98. The second-order valence-corrected chi connectivity index (χ2v) is 18.6. The van der Waals surface area contributed by atoms with Crippen molar-refractivity contribution >= 4 is 43.5 Å². The highest BCUT2D eigenvalue weighted by Gasteiger charge is 2.66. The molecule has 5 heterocycles. The Hall–Kier alpha value is -5.09. The first-order valence-electron chi connectivity index (χ1n) is 17.9. The van der Waals surface area contributed by atoms with Crippen LogP contribution in [-0.4, -0.2) is 83.7 Å². The zero-order valence-electron chi connectivity index (χ0n) is 29.8. The number of anilines is 3. The van der Waals surface area contributed by atoms with E-state index in [9.17, 15) is 19.5 Å². The van der Waals surface area contributed by atoms with Crippen LogP contribution in [0.3, 0.4) is 0 Å². The summed E-state index contributed by atoms with van der Waals surface area (Å²) in [7, 11) is -2.97. The van der Waals surface area contributed by atoms with Gasteiger partial charge in [0.25, 0.3) is 5.91 Å². The number of ether oxygens (including phenoxy) is 3. The van der Waals surface area contributed by atoms with Gasteiger partial charge in [0, 0.05) is 34.9 Å². The van der Waals surface area contributed by atoms with Crippen LogP contribution in [0.15, 0.2) is 79.0 Å². The van der Waals surface area contributed by atoms with Crippen LogP contribution in [0.5, 0.6) is 0 Å². The Bertz CT molecular complexity index is 2040. The lowest BCUT2D eigenvalue weighted by Crippen LogP contribution is -2.46. The first-order chi connectivity index (χ1) is 25.5. The number of cyclic esters (lactones) is 2. The molecule has 8 rings (SSSR count). The minimum atomic E-state index is -2.97. The Kier molecular flexibility index (Phi) is 8.84. The lowest BCUT2D eigenvalue weighted by Gasteiger charge is -2.32. The maximum absolute atomic E-state index is 15.0. The summed E-state index contributed by atoms with van der Waals surface area (Å²) in [5, 5.41) is 19.4. The highest BCUT2D eigenvalue weighted by molar-refractivity contribution is 6.71. The highest BCUT2D eigenvalue weighted by atomic mass is 28.4. The molecule has 3 fully saturated rings. The van der Waals surface area contributed by atoms with Gasteiger partial charge in [-0.25, -0.2) is 9.59 Å². The zero-order valence-corrected chi connectivity index (χ0v) is 30.8. The predicted molar refractivity (Wildman–Crippen MR) is 196 cm³/mol. The summed E-state index contributed by atoms with van der Waals surface area (Å²) in [6, 6.07) is 22.2. The van der Waals surface area contributed by atoms with Gasteiger partial charge < -0.3 is 29.0 Å². The number of benzene rings is 3. The molecule has 5 atom stereocenters. The van der Waals surface area contributed by atoms with Crippen molar-refractivity contribution in [1.29, 1.82) is 0 Å². The average molecular weight is 739 g/mol. The molecule has 0 radical (unpaired) electrons. The third kappa shape index (κ3) is 6.06. The lowest BCUT2D eigenvalue weighted by molar-refractivity contribution is -0.146. The van der Waals surface area contributed by atoms with E-state index in [4.69, 9.17) is 14.2 Å². The summed E-state index contributed by atoms with van der Waals surface area (Å²) >= 11 is 0. The van der Waals surface area contributed by atoms with Gasteiger partial charge in [0.1, 0.15) is 25.0 Å². The van der Waals surface area contributed by atoms with E-state index in [2.05, 4.69) is 10.3 Å². The van der Waals surface area contributed by atoms with Crippen molar-refractivity contribution in [3.8, 4) is 0 Å². The molecule has 0 saturated carbocycles. The molecule has 3 saturated heterocycles. The number of rotatable bonds is 10. The lowest BCUT2D eigenvalue weighted by atomic mass is 9.82. The van der Waals surface area contributed by atoms with Crippen molar-refractivity contribution < 1.29 is 38.5 Å². The molecule has 0 bridgehead atoms. The topological polar surface area (TPSA) is 160 Å². The molecule has 1 aromatic heterocycles. The first-order valence-corrected chi connectivity index (χ1v) is 21.0. The summed E-state index contributed by atoms with van der Waals surface area (Å²) in [6.45, 7) is 7.81. The second kappa shape index (κ2) is 13.4. The minimum Gasteiger partial charge on any atom is -0.447 e. The molecule has 0 aliphatic carbocycles. The van der Waals surface area contributed by atoms with Gasteiger partial charge in [-0.05, 0) is 61.0 Å². The summed E-state index contributed by atoms with van der Waals surface area (Å²) in [5.74, 6) is -0.668. The van der Waals surface area contributed by atoms with E-state index in [0.717, 1.165) is 5.56 Å². The maximum Gasteiger partial charge on any atom is 0.414 e. The van der Waals surface area contributed by atoms with Gasteiger partial charge in [-0.15, -0.1) is 5.10 Å². The van der Waals surface area contributed by atoms with Crippen molar-refractivity contribution in [2.75, 3.05) is 41.0 Å². The molecule has 4 aliphatic rings. The minimum absolute atomic E-state index is 0.236. The van der Waals surface area contributed by atoms with Gasteiger partial charge >= 0.3 is 12.2 Å². The SMILES string of the molecule is C[C@@H]1[C@@H]([Si](C)(C)O)[C@H](CCn2cc([C@H](O)c3ccccc3)nn2)O[C@@]12C(=O)N(Cc1ccc(N3CCOC3=O)cc1)c1ccc(N3CCOC3=O)cc12. The first kappa shape index (κ1) is 35.0. The quantitative estimate of drug-likeness (QED) is 0.218. The molecule has 4 aromatic rings. The molecular weight excluding hydrogens is 697 g/mol. The highest BCUT2D eigenvalue weighted by Crippen LogP contribution is 2.60. The predicted octanol–water partition coefficient (Wildman–Crippen LogP) is 4.71. The summed E-state index contributed by atoms with van der Waals surface area (Å²) in [5.41, 5.74) is 2.82. The maximum atomic E-state index is 15.0. The van der Waals surface area contributed by atoms with Crippen molar-refractivity contribution in [3.05, 3.63) is 101 Å². The molecular formula is C38H42N6O8Si.